The lowest BCUT2D eigenvalue weighted by Crippen LogP contribution is -2.26. The van der Waals surface area contributed by atoms with Crippen LogP contribution in [-0.4, -0.2) is 29.3 Å². The van der Waals surface area contributed by atoms with Crippen LogP contribution in [0, 0.1) is 0 Å². The lowest BCUT2D eigenvalue weighted by atomic mass is 10.0. The van der Waals surface area contributed by atoms with E-state index < -0.39 is 0 Å². The van der Waals surface area contributed by atoms with Crippen molar-refractivity contribution in [1.29, 1.82) is 0 Å². The van der Waals surface area contributed by atoms with Crippen molar-refractivity contribution in [1.82, 2.24) is 4.90 Å². The third-order valence-electron chi connectivity index (χ3n) is 4.16. The molecule has 0 radical (unpaired) electrons. The molecule has 1 aliphatic carbocycles. The first kappa shape index (κ1) is 13.5. The molecule has 106 valence electrons. The van der Waals surface area contributed by atoms with Gasteiger partial charge in [0.15, 0.2) is 5.09 Å². The summed E-state index contributed by atoms with van der Waals surface area (Å²) in [6.45, 7) is 3.03. The normalized spacial score (nSPS) is 26.1. The minimum Gasteiger partial charge on any atom is -0.454 e. The largest absolute Gasteiger partial charge is 0.454 e. The van der Waals surface area contributed by atoms with Crippen LogP contribution in [0.2, 0.25) is 0 Å². The van der Waals surface area contributed by atoms with Gasteiger partial charge < -0.3 is 10.2 Å². The summed E-state index contributed by atoms with van der Waals surface area (Å²) in [5.41, 5.74) is 5.93. The van der Waals surface area contributed by atoms with Crippen molar-refractivity contribution >= 4 is 11.8 Å². The molecule has 3 rings (SSSR count). The van der Waals surface area contributed by atoms with Crippen molar-refractivity contribution in [2.24, 2.45) is 5.73 Å². The first-order valence-electron chi connectivity index (χ1n) is 7.53. The van der Waals surface area contributed by atoms with E-state index in [2.05, 4.69) is 17.0 Å². The van der Waals surface area contributed by atoms with Crippen molar-refractivity contribution in [2.75, 3.05) is 13.1 Å². The summed E-state index contributed by atoms with van der Waals surface area (Å²) in [5.74, 6) is 1.09. The molecule has 19 heavy (non-hydrogen) atoms. The van der Waals surface area contributed by atoms with E-state index in [0.717, 1.165) is 42.2 Å². The molecule has 1 aliphatic heterocycles. The Morgan fingerprint density at radius 1 is 1.21 bits per heavy atom. The summed E-state index contributed by atoms with van der Waals surface area (Å²) in [4.78, 5) is 2.39. The van der Waals surface area contributed by atoms with Crippen LogP contribution in [0.1, 0.15) is 44.3 Å². The van der Waals surface area contributed by atoms with Gasteiger partial charge in [0.05, 0.1) is 6.54 Å². The summed E-state index contributed by atoms with van der Waals surface area (Å²) < 4.78 is 5.96. The molecule has 1 unspecified atom stereocenters. The van der Waals surface area contributed by atoms with Crippen LogP contribution in [-0.2, 0) is 6.54 Å². The van der Waals surface area contributed by atoms with Crippen molar-refractivity contribution in [3.8, 4) is 0 Å². The third-order valence-corrected chi connectivity index (χ3v) is 5.42. The number of rotatable bonds is 4. The highest BCUT2D eigenvalue weighted by Crippen LogP contribution is 2.34. The third kappa shape index (κ3) is 3.77. The predicted octanol–water partition coefficient (Wildman–Crippen LogP) is 3.24. The Labute approximate surface area is 119 Å². The number of nitrogens with two attached hydrogens (primary N) is 1. The highest BCUT2D eigenvalue weighted by Gasteiger charge is 2.21. The molecule has 0 bridgehead atoms. The monoisotopic (exact) mass is 280 g/mol. The summed E-state index contributed by atoms with van der Waals surface area (Å²) in [6, 6.07) is 4.63. The fourth-order valence-electron chi connectivity index (χ4n) is 3.08. The summed E-state index contributed by atoms with van der Waals surface area (Å²) in [5, 5.41) is 1.87. The number of hydrogen-bond acceptors (Lipinski definition) is 4. The molecule has 2 heterocycles. The maximum absolute atomic E-state index is 5.96. The predicted molar refractivity (Wildman–Crippen MR) is 79.3 cm³/mol. The Morgan fingerprint density at radius 3 is 2.79 bits per heavy atom. The molecule has 4 heteroatoms. The standard InChI is InChI=1S/C15H24N2OS/c16-12-8-9-17(10-12)11-13-6-7-15(18-13)19-14-4-2-1-3-5-14/h6-7,12,14H,1-5,8-11,16H2. The molecule has 2 N–H and O–H groups in total. The van der Waals surface area contributed by atoms with Gasteiger partial charge in [0.25, 0.3) is 0 Å². The second-order valence-electron chi connectivity index (χ2n) is 5.88. The van der Waals surface area contributed by atoms with E-state index >= 15 is 0 Å². The topological polar surface area (TPSA) is 42.4 Å². The second-order valence-corrected chi connectivity index (χ2v) is 7.19. The Kier molecular flexibility index (Phi) is 4.51. The fraction of sp³-hybridized carbons (Fsp3) is 0.733. The maximum Gasteiger partial charge on any atom is 0.160 e. The van der Waals surface area contributed by atoms with Gasteiger partial charge in [0.1, 0.15) is 5.76 Å². The Bertz CT molecular complexity index is 379. The molecule has 0 amide bonds. The van der Waals surface area contributed by atoms with Crippen molar-refractivity contribution < 1.29 is 4.42 Å². The SMILES string of the molecule is NC1CCN(Cc2ccc(SC3CCCCC3)o2)C1. The smallest absolute Gasteiger partial charge is 0.160 e. The zero-order valence-corrected chi connectivity index (χ0v) is 12.3. The number of hydrogen-bond donors (Lipinski definition) is 1. The first-order chi connectivity index (χ1) is 9.29. The Hall–Kier alpha value is -0.450. The van der Waals surface area contributed by atoms with Gasteiger partial charge in [0.2, 0.25) is 0 Å². The van der Waals surface area contributed by atoms with E-state index in [1.54, 1.807) is 0 Å². The van der Waals surface area contributed by atoms with Gasteiger partial charge in [0, 0.05) is 24.4 Å². The summed E-state index contributed by atoms with van der Waals surface area (Å²) in [7, 11) is 0. The van der Waals surface area contributed by atoms with E-state index in [0.29, 0.717) is 6.04 Å². The number of furan rings is 1. The first-order valence-corrected chi connectivity index (χ1v) is 8.41. The van der Waals surface area contributed by atoms with Crippen molar-refractivity contribution in [3.05, 3.63) is 17.9 Å². The number of nitrogens with zero attached hydrogens (tertiary/aromatic N) is 1. The minimum atomic E-state index is 0.353. The van der Waals surface area contributed by atoms with Gasteiger partial charge >= 0.3 is 0 Å². The van der Waals surface area contributed by atoms with E-state index in [1.807, 2.05) is 11.8 Å². The van der Waals surface area contributed by atoms with Gasteiger partial charge in [-0.05, 0) is 31.4 Å². The molecule has 0 spiro atoms. The average molecular weight is 280 g/mol. The van der Waals surface area contributed by atoms with E-state index in [9.17, 15) is 0 Å². The molecular formula is C15H24N2OS. The number of likely N-dealkylation sites (tertiary alicyclic amines) is 1. The average Bonchev–Trinajstić information content (AvgIpc) is 3.01. The molecule has 1 saturated heterocycles. The quantitative estimate of drug-likeness (QED) is 0.919. The second kappa shape index (κ2) is 6.33. The fourth-order valence-corrected chi connectivity index (χ4v) is 4.28. The van der Waals surface area contributed by atoms with Crippen molar-refractivity contribution in [2.45, 2.75) is 61.5 Å². The van der Waals surface area contributed by atoms with Crippen LogP contribution in [0.25, 0.3) is 0 Å². The Morgan fingerprint density at radius 2 is 2.05 bits per heavy atom. The molecule has 1 atom stereocenters. The van der Waals surface area contributed by atoms with Gasteiger partial charge in [-0.1, -0.05) is 31.0 Å². The van der Waals surface area contributed by atoms with Crippen LogP contribution in [0.5, 0.6) is 0 Å². The minimum absolute atomic E-state index is 0.353. The van der Waals surface area contributed by atoms with Gasteiger partial charge in [-0.25, -0.2) is 0 Å². The highest BCUT2D eigenvalue weighted by atomic mass is 32.2. The van der Waals surface area contributed by atoms with Gasteiger partial charge in [-0.2, -0.15) is 0 Å². The van der Waals surface area contributed by atoms with E-state index in [1.165, 1.54) is 32.1 Å². The molecule has 0 aromatic carbocycles. The zero-order chi connectivity index (χ0) is 13.1. The molecule has 3 nitrogen and oxygen atoms in total. The summed E-state index contributed by atoms with van der Waals surface area (Å²) >= 11 is 1.93. The van der Waals surface area contributed by atoms with Crippen LogP contribution >= 0.6 is 11.8 Å². The lowest BCUT2D eigenvalue weighted by Gasteiger charge is -2.19. The molecule has 1 saturated carbocycles. The van der Waals surface area contributed by atoms with Crippen LogP contribution in [0.15, 0.2) is 21.6 Å². The molecule has 2 fully saturated rings. The van der Waals surface area contributed by atoms with E-state index in [-0.39, 0.29) is 0 Å². The molecule has 1 aromatic rings. The van der Waals surface area contributed by atoms with Crippen LogP contribution in [0.3, 0.4) is 0 Å². The lowest BCUT2D eigenvalue weighted by molar-refractivity contribution is 0.282. The Balaban J connectivity index is 1.51. The summed E-state index contributed by atoms with van der Waals surface area (Å²) in [6.07, 6.45) is 8.00. The van der Waals surface area contributed by atoms with Gasteiger partial charge in [-0.3, -0.25) is 4.90 Å². The molecular weight excluding hydrogens is 256 g/mol. The van der Waals surface area contributed by atoms with Crippen LogP contribution in [0.4, 0.5) is 0 Å². The van der Waals surface area contributed by atoms with Crippen LogP contribution < -0.4 is 5.73 Å². The van der Waals surface area contributed by atoms with E-state index in [4.69, 9.17) is 10.2 Å². The highest BCUT2D eigenvalue weighted by molar-refractivity contribution is 7.99. The maximum atomic E-state index is 5.96. The van der Waals surface area contributed by atoms with Crippen molar-refractivity contribution in [3.63, 3.8) is 0 Å². The zero-order valence-electron chi connectivity index (χ0n) is 11.5. The number of thioether (sulfide) groups is 1. The molecule has 1 aromatic heterocycles. The molecule has 2 aliphatic rings. The van der Waals surface area contributed by atoms with Gasteiger partial charge in [-0.15, -0.1) is 0 Å².